The number of ether oxygens (including phenoxy) is 1. The first-order chi connectivity index (χ1) is 9.08. The predicted octanol–water partition coefficient (Wildman–Crippen LogP) is 4.35. The van der Waals surface area contributed by atoms with Crippen molar-refractivity contribution >= 4 is 34.0 Å². The molecule has 1 rings (SSSR count). The lowest BCUT2D eigenvalue weighted by Gasteiger charge is -2.12. The van der Waals surface area contributed by atoms with E-state index in [1.165, 1.54) is 44.1 Å². The van der Waals surface area contributed by atoms with Gasteiger partial charge < -0.3 is 10.1 Å². The highest BCUT2D eigenvalue weighted by atomic mass is 35.5. The largest absolute Gasteiger partial charge is 0.465 e. The average molecular weight is 305 g/mol. The quantitative estimate of drug-likeness (QED) is 0.573. The van der Waals surface area contributed by atoms with Crippen LogP contribution in [0.1, 0.15) is 55.6 Å². The lowest BCUT2D eigenvalue weighted by molar-refractivity contribution is 0.0606. The zero-order valence-electron chi connectivity index (χ0n) is 11.7. The van der Waals surface area contributed by atoms with Crippen molar-refractivity contribution in [3.8, 4) is 0 Å². The molecule has 0 bridgehead atoms. The van der Waals surface area contributed by atoms with Crippen molar-refractivity contribution in [3.63, 3.8) is 0 Å². The Balaban J connectivity index is 2.46. The van der Waals surface area contributed by atoms with Crippen molar-refractivity contribution in [2.45, 2.75) is 52.0 Å². The Kier molecular flexibility index (Phi) is 7.16. The summed E-state index contributed by atoms with van der Waals surface area (Å²) in [6.07, 6.45) is 6.07. The molecule has 0 aliphatic heterocycles. The zero-order chi connectivity index (χ0) is 14.3. The first-order valence-electron chi connectivity index (χ1n) is 6.59. The summed E-state index contributed by atoms with van der Waals surface area (Å²) in [6, 6.07) is 0.324. The maximum Gasteiger partial charge on any atom is 0.351 e. The van der Waals surface area contributed by atoms with Crippen LogP contribution in [0.5, 0.6) is 0 Å². The number of rotatable bonds is 8. The first-order valence-corrected chi connectivity index (χ1v) is 7.79. The third kappa shape index (κ3) is 5.37. The van der Waals surface area contributed by atoms with E-state index in [9.17, 15) is 4.79 Å². The number of methoxy groups -OCH3 is 1. The van der Waals surface area contributed by atoms with Gasteiger partial charge in [0.1, 0.15) is 0 Å². The van der Waals surface area contributed by atoms with Crippen molar-refractivity contribution in [3.05, 3.63) is 10.0 Å². The minimum absolute atomic E-state index is 0.206. The minimum atomic E-state index is -0.439. The summed E-state index contributed by atoms with van der Waals surface area (Å²) in [5, 5.41) is 4.15. The molecule has 0 aromatic carbocycles. The molecule has 1 atom stereocenters. The second-order valence-corrected chi connectivity index (χ2v) is 5.88. The number of anilines is 1. The fourth-order valence-corrected chi connectivity index (χ4v) is 2.96. The van der Waals surface area contributed by atoms with Gasteiger partial charge in [-0.3, -0.25) is 0 Å². The van der Waals surface area contributed by atoms with Gasteiger partial charge in [-0.1, -0.05) is 55.5 Å². The number of carbonyl (C=O) groups is 1. The number of hydrogen-bond acceptors (Lipinski definition) is 5. The number of halogens is 1. The summed E-state index contributed by atoms with van der Waals surface area (Å²) in [6.45, 7) is 4.31. The number of nitrogens with zero attached hydrogens (tertiary/aromatic N) is 1. The summed E-state index contributed by atoms with van der Waals surface area (Å²) < 4.78 is 4.65. The molecule has 1 heterocycles. The van der Waals surface area contributed by atoms with Crippen molar-refractivity contribution in [1.82, 2.24) is 4.98 Å². The van der Waals surface area contributed by atoms with Gasteiger partial charge in [-0.25, -0.2) is 9.78 Å². The molecule has 0 fully saturated rings. The second kappa shape index (κ2) is 8.38. The molecule has 4 nitrogen and oxygen atoms in total. The van der Waals surface area contributed by atoms with E-state index in [1.54, 1.807) is 0 Å². The van der Waals surface area contributed by atoms with Crippen molar-refractivity contribution in [2.24, 2.45) is 0 Å². The van der Waals surface area contributed by atoms with Gasteiger partial charge in [-0.15, -0.1) is 0 Å². The Morgan fingerprint density at radius 1 is 1.47 bits per heavy atom. The van der Waals surface area contributed by atoms with Crippen LogP contribution in [0.2, 0.25) is 5.15 Å². The number of hydrogen-bond donors (Lipinski definition) is 1. The molecule has 0 saturated carbocycles. The highest BCUT2D eigenvalue weighted by Gasteiger charge is 2.17. The molecule has 19 heavy (non-hydrogen) atoms. The Labute approximate surface area is 123 Å². The van der Waals surface area contributed by atoms with Crippen LogP contribution >= 0.6 is 22.9 Å². The topological polar surface area (TPSA) is 51.2 Å². The van der Waals surface area contributed by atoms with E-state index in [4.69, 9.17) is 11.6 Å². The maximum atomic E-state index is 11.4. The van der Waals surface area contributed by atoms with Crippen LogP contribution in [0, 0.1) is 0 Å². The van der Waals surface area contributed by atoms with Gasteiger partial charge in [-0.2, -0.15) is 0 Å². The highest BCUT2D eigenvalue weighted by molar-refractivity contribution is 7.18. The van der Waals surface area contributed by atoms with Gasteiger partial charge >= 0.3 is 5.97 Å². The normalized spacial score (nSPS) is 12.2. The van der Waals surface area contributed by atoms with E-state index in [1.807, 2.05) is 0 Å². The van der Waals surface area contributed by atoms with Crippen LogP contribution in [0.4, 0.5) is 5.13 Å². The summed E-state index contributed by atoms with van der Waals surface area (Å²) >= 11 is 7.14. The SMILES string of the molecule is CCCCCCC(C)Nc1nc(Cl)c(C(=O)OC)s1. The van der Waals surface area contributed by atoms with Gasteiger partial charge in [-0.05, 0) is 13.3 Å². The van der Waals surface area contributed by atoms with Crippen molar-refractivity contribution in [2.75, 3.05) is 12.4 Å². The van der Waals surface area contributed by atoms with E-state index in [2.05, 4.69) is 28.9 Å². The second-order valence-electron chi connectivity index (χ2n) is 4.53. The third-order valence-corrected chi connectivity index (χ3v) is 4.17. The Bertz CT molecular complexity index is 409. The summed E-state index contributed by atoms with van der Waals surface area (Å²) in [4.78, 5) is 15.9. The monoisotopic (exact) mass is 304 g/mol. The van der Waals surface area contributed by atoms with Crippen LogP contribution in [-0.4, -0.2) is 24.1 Å². The fourth-order valence-electron chi connectivity index (χ4n) is 1.74. The van der Waals surface area contributed by atoms with Crippen LogP contribution in [0.3, 0.4) is 0 Å². The number of thiazole rings is 1. The number of esters is 1. The molecule has 0 aliphatic carbocycles. The van der Waals surface area contributed by atoms with E-state index < -0.39 is 5.97 Å². The molecule has 0 radical (unpaired) electrons. The molecule has 0 spiro atoms. The summed E-state index contributed by atoms with van der Waals surface area (Å²) in [5.74, 6) is -0.439. The maximum absolute atomic E-state index is 11.4. The molecule has 6 heteroatoms. The molecule has 1 unspecified atom stereocenters. The van der Waals surface area contributed by atoms with Crippen molar-refractivity contribution < 1.29 is 9.53 Å². The van der Waals surface area contributed by atoms with Crippen LogP contribution in [0.15, 0.2) is 0 Å². The molecular formula is C13H21ClN2O2S. The molecule has 1 aromatic heterocycles. The zero-order valence-corrected chi connectivity index (χ0v) is 13.2. The Morgan fingerprint density at radius 3 is 2.84 bits per heavy atom. The number of nitrogens with one attached hydrogen (secondary N) is 1. The van der Waals surface area contributed by atoms with E-state index in [-0.39, 0.29) is 5.15 Å². The van der Waals surface area contributed by atoms with E-state index in [0.717, 1.165) is 6.42 Å². The molecule has 108 valence electrons. The lowest BCUT2D eigenvalue weighted by Crippen LogP contribution is -2.14. The summed E-state index contributed by atoms with van der Waals surface area (Å²) in [7, 11) is 1.34. The van der Waals surface area contributed by atoms with Gasteiger partial charge in [0.15, 0.2) is 15.2 Å². The highest BCUT2D eigenvalue weighted by Crippen LogP contribution is 2.28. The number of unbranched alkanes of at least 4 members (excludes halogenated alkanes) is 3. The summed E-state index contributed by atoms with van der Waals surface area (Å²) in [5.41, 5.74) is 0. The minimum Gasteiger partial charge on any atom is -0.465 e. The Morgan fingerprint density at radius 2 is 2.21 bits per heavy atom. The molecule has 0 saturated heterocycles. The fraction of sp³-hybridized carbons (Fsp3) is 0.692. The first kappa shape index (κ1) is 16.2. The third-order valence-electron chi connectivity index (χ3n) is 2.82. The standard InChI is InChI=1S/C13H21ClN2O2S/c1-4-5-6-7-8-9(2)15-13-16-11(14)10(19-13)12(17)18-3/h9H,4-8H2,1-3H3,(H,15,16). The number of carbonyl (C=O) groups excluding carboxylic acids is 1. The Hall–Kier alpha value is -0.810. The lowest BCUT2D eigenvalue weighted by atomic mass is 10.1. The average Bonchev–Trinajstić information content (AvgIpc) is 2.74. The van der Waals surface area contributed by atoms with Gasteiger partial charge in [0.05, 0.1) is 7.11 Å². The molecule has 1 aromatic rings. The van der Waals surface area contributed by atoms with Gasteiger partial charge in [0, 0.05) is 6.04 Å². The molecule has 1 N–H and O–H groups in total. The molecule has 0 aliphatic rings. The van der Waals surface area contributed by atoms with Crippen LogP contribution < -0.4 is 5.32 Å². The predicted molar refractivity (Wildman–Crippen MR) is 80.3 cm³/mol. The van der Waals surface area contributed by atoms with Gasteiger partial charge in [0.2, 0.25) is 0 Å². The van der Waals surface area contributed by atoms with Gasteiger partial charge in [0.25, 0.3) is 0 Å². The van der Waals surface area contributed by atoms with Crippen molar-refractivity contribution in [1.29, 1.82) is 0 Å². The molecule has 0 amide bonds. The van der Waals surface area contributed by atoms with E-state index in [0.29, 0.717) is 16.1 Å². The molecular weight excluding hydrogens is 284 g/mol. The number of aromatic nitrogens is 1. The smallest absolute Gasteiger partial charge is 0.351 e. The van der Waals surface area contributed by atoms with E-state index >= 15 is 0 Å². The van der Waals surface area contributed by atoms with Crippen LogP contribution in [0.25, 0.3) is 0 Å². The van der Waals surface area contributed by atoms with Crippen LogP contribution in [-0.2, 0) is 4.74 Å².